The van der Waals surface area contributed by atoms with Crippen LogP contribution in [0, 0.1) is 0 Å². The van der Waals surface area contributed by atoms with Gasteiger partial charge in [0, 0.05) is 18.9 Å². The van der Waals surface area contributed by atoms with Gasteiger partial charge in [-0.25, -0.2) is 0 Å². The minimum absolute atomic E-state index is 0.938. The van der Waals surface area contributed by atoms with Crippen molar-refractivity contribution in [3.05, 3.63) is 0 Å². The van der Waals surface area contributed by atoms with Gasteiger partial charge in [-0.15, -0.1) is 0 Å². The van der Waals surface area contributed by atoms with Gasteiger partial charge in [-0.1, -0.05) is 6.42 Å². The first-order chi connectivity index (χ1) is 9.28. The smallest absolute Gasteiger partial charge is 0.0889 e. The van der Waals surface area contributed by atoms with Crippen LogP contribution in [-0.4, -0.2) is 54.7 Å². The lowest BCUT2D eigenvalue weighted by atomic mass is 9.86. The standard InChI is InChI=1S/C17H33N2/c1-19(14-6-3-7-15-19)17-10-8-16(9-11-17)18-12-4-2-5-13-18/h16-17H,2-15H2,1H3/q+1. The van der Waals surface area contributed by atoms with Gasteiger partial charge < -0.3 is 9.38 Å². The molecule has 3 aliphatic rings. The summed E-state index contributed by atoms with van der Waals surface area (Å²) in [5, 5.41) is 0. The molecule has 0 spiro atoms. The van der Waals surface area contributed by atoms with Crippen molar-refractivity contribution >= 4 is 0 Å². The molecule has 2 nitrogen and oxygen atoms in total. The second-order valence-electron chi connectivity index (χ2n) is 7.55. The SMILES string of the molecule is C[N+]1(C2CCC(N3CCCCC3)CC2)CCCCC1. The molecule has 0 aromatic heterocycles. The number of piperidine rings is 2. The number of hydrogen-bond donors (Lipinski definition) is 0. The molecule has 0 N–H and O–H groups in total. The zero-order valence-corrected chi connectivity index (χ0v) is 12.9. The molecule has 0 amide bonds. The molecule has 0 atom stereocenters. The molecule has 1 aliphatic carbocycles. The van der Waals surface area contributed by atoms with Crippen LogP contribution in [0.15, 0.2) is 0 Å². The van der Waals surface area contributed by atoms with Crippen LogP contribution in [-0.2, 0) is 0 Å². The normalized spacial score (nSPS) is 37.1. The summed E-state index contributed by atoms with van der Waals surface area (Å²) in [6.45, 7) is 5.70. The highest BCUT2D eigenvalue weighted by molar-refractivity contribution is 4.82. The summed E-state index contributed by atoms with van der Waals surface area (Å²) in [6, 6.07) is 1.93. The van der Waals surface area contributed by atoms with Crippen LogP contribution >= 0.6 is 0 Å². The van der Waals surface area contributed by atoms with Crippen molar-refractivity contribution in [1.82, 2.24) is 4.90 Å². The number of rotatable bonds is 2. The summed E-state index contributed by atoms with van der Waals surface area (Å²) in [6.07, 6.45) is 14.8. The van der Waals surface area contributed by atoms with Crippen molar-refractivity contribution in [1.29, 1.82) is 0 Å². The van der Waals surface area contributed by atoms with E-state index in [9.17, 15) is 0 Å². The first kappa shape index (κ1) is 13.9. The van der Waals surface area contributed by atoms with Crippen molar-refractivity contribution in [2.75, 3.05) is 33.2 Å². The molecular weight excluding hydrogens is 232 g/mol. The van der Waals surface area contributed by atoms with Crippen LogP contribution in [0.4, 0.5) is 0 Å². The van der Waals surface area contributed by atoms with Crippen LogP contribution in [0.25, 0.3) is 0 Å². The molecule has 3 rings (SSSR count). The molecule has 0 aromatic carbocycles. The summed E-state index contributed by atoms with van der Waals surface area (Å²) in [7, 11) is 2.55. The van der Waals surface area contributed by atoms with Crippen LogP contribution in [0.3, 0.4) is 0 Å². The Kier molecular flexibility index (Phi) is 4.48. The third-order valence-electron chi connectivity index (χ3n) is 6.29. The third kappa shape index (κ3) is 3.16. The lowest BCUT2D eigenvalue weighted by Crippen LogP contribution is -2.57. The zero-order chi connectivity index (χ0) is 13.1. The number of likely N-dealkylation sites (tertiary alicyclic amines) is 2. The highest BCUT2D eigenvalue weighted by Gasteiger charge is 2.38. The lowest BCUT2D eigenvalue weighted by molar-refractivity contribution is -0.939. The quantitative estimate of drug-likeness (QED) is 0.692. The second kappa shape index (κ2) is 6.13. The average Bonchev–Trinajstić information content (AvgIpc) is 2.49. The van der Waals surface area contributed by atoms with Crippen molar-refractivity contribution < 1.29 is 4.48 Å². The van der Waals surface area contributed by atoms with E-state index in [2.05, 4.69) is 11.9 Å². The predicted molar refractivity (Wildman–Crippen MR) is 81.2 cm³/mol. The second-order valence-corrected chi connectivity index (χ2v) is 7.55. The Hall–Kier alpha value is -0.0800. The largest absolute Gasteiger partial charge is 0.324 e. The van der Waals surface area contributed by atoms with Gasteiger partial charge in [-0.3, -0.25) is 0 Å². The number of nitrogens with zero attached hydrogens (tertiary/aromatic N) is 2. The van der Waals surface area contributed by atoms with Crippen molar-refractivity contribution in [3.8, 4) is 0 Å². The van der Waals surface area contributed by atoms with Gasteiger partial charge in [0.1, 0.15) is 0 Å². The molecule has 110 valence electrons. The molecule has 1 saturated carbocycles. The van der Waals surface area contributed by atoms with E-state index in [1.807, 2.05) is 0 Å². The molecule has 0 radical (unpaired) electrons. The van der Waals surface area contributed by atoms with Gasteiger partial charge >= 0.3 is 0 Å². The van der Waals surface area contributed by atoms with Gasteiger partial charge in [0.25, 0.3) is 0 Å². The Morgan fingerprint density at radius 3 is 1.95 bits per heavy atom. The van der Waals surface area contributed by atoms with Crippen LogP contribution < -0.4 is 0 Å². The topological polar surface area (TPSA) is 3.24 Å². The third-order valence-corrected chi connectivity index (χ3v) is 6.29. The Labute approximate surface area is 119 Å². The highest BCUT2D eigenvalue weighted by Crippen LogP contribution is 2.33. The van der Waals surface area contributed by atoms with E-state index in [1.54, 1.807) is 0 Å². The van der Waals surface area contributed by atoms with Gasteiger partial charge in [0.15, 0.2) is 0 Å². The molecular formula is C17H33N2+. The number of hydrogen-bond acceptors (Lipinski definition) is 1. The molecule has 2 heteroatoms. The molecule has 19 heavy (non-hydrogen) atoms. The van der Waals surface area contributed by atoms with E-state index >= 15 is 0 Å². The van der Waals surface area contributed by atoms with E-state index in [0.29, 0.717) is 0 Å². The zero-order valence-electron chi connectivity index (χ0n) is 12.9. The maximum atomic E-state index is 2.82. The maximum absolute atomic E-state index is 2.82. The predicted octanol–water partition coefficient (Wildman–Crippen LogP) is 3.41. The van der Waals surface area contributed by atoms with Gasteiger partial charge in [0.05, 0.1) is 26.2 Å². The average molecular weight is 265 g/mol. The fourth-order valence-electron chi connectivity index (χ4n) is 4.93. The summed E-state index contributed by atoms with van der Waals surface area (Å²) < 4.78 is 1.41. The van der Waals surface area contributed by atoms with Crippen molar-refractivity contribution in [3.63, 3.8) is 0 Å². The Balaban J connectivity index is 1.51. The van der Waals surface area contributed by atoms with Crippen molar-refractivity contribution in [2.45, 2.75) is 76.3 Å². The highest BCUT2D eigenvalue weighted by atomic mass is 15.4. The fourth-order valence-corrected chi connectivity index (χ4v) is 4.93. The van der Waals surface area contributed by atoms with Crippen molar-refractivity contribution in [2.24, 2.45) is 0 Å². The van der Waals surface area contributed by atoms with E-state index in [1.165, 1.54) is 94.9 Å². The summed E-state index contributed by atoms with van der Waals surface area (Å²) in [5.41, 5.74) is 0. The molecule has 3 fully saturated rings. The van der Waals surface area contributed by atoms with E-state index in [0.717, 1.165) is 12.1 Å². The van der Waals surface area contributed by atoms with Gasteiger partial charge in [-0.05, 0) is 58.0 Å². The minimum atomic E-state index is 0.938. The maximum Gasteiger partial charge on any atom is 0.0889 e. The molecule has 2 heterocycles. The Morgan fingerprint density at radius 1 is 0.737 bits per heavy atom. The molecule has 0 unspecified atom stereocenters. The van der Waals surface area contributed by atoms with E-state index in [4.69, 9.17) is 0 Å². The minimum Gasteiger partial charge on any atom is -0.324 e. The van der Waals surface area contributed by atoms with Crippen LogP contribution in [0.5, 0.6) is 0 Å². The van der Waals surface area contributed by atoms with Crippen LogP contribution in [0.1, 0.15) is 64.2 Å². The Morgan fingerprint density at radius 2 is 1.32 bits per heavy atom. The lowest BCUT2D eigenvalue weighted by Gasteiger charge is -2.48. The van der Waals surface area contributed by atoms with E-state index in [-0.39, 0.29) is 0 Å². The van der Waals surface area contributed by atoms with Gasteiger partial charge in [-0.2, -0.15) is 0 Å². The molecule has 0 aromatic rings. The first-order valence-corrected chi connectivity index (χ1v) is 8.86. The first-order valence-electron chi connectivity index (χ1n) is 8.86. The number of quaternary nitrogens is 1. The Bertz CT molecular complexity index is 269. The van der Waals surface area contributed by atoms with E-state index < -0.39 is 0 Å². The molecule has 0 bridgehead atoms. The van der Waals surface area contributed by atoms with Gasteiger partial charge in [0.2, 0.25) is 0 Å². The fraction of sp³-hybridized carbons (Fsp3) is 1.00. The molecule has 2 saturated heterocycles. The molecule has 2 aliphatic heterocycles. The summed E-state index contributed by atoms with van der Waals surface area (Å²) in [5.74, 6) is 0. The summed E-state index contributed by atoms with van der Waals surface area (Å²) >= 11 is 0. The van der Waals surface area contributed by atoms with Crippen LogP contribution in [0.2, 0.25) is 0 Å². The summed E-state index contributed by atoms with van der Waals surface area (Å²) in [4.78, 5) is 2.82. The monoisotopic (exact) mass is 265 g/mol.